The number of fused-ring (bicyclic) bond motifs is 1. The highest BCUT2D eigenvalue weighted by atomic mass is 32.1. The number of nitrogens with one attached hydrogen (secondary N) is 1. The number of thiazole rings is 1. The number of methoxy groups -OCH3 is 1. The van der Waals surface area contributed by atoms with E-state index in [0.717, 1.165) is 28.0 Å². The van der Waals surface area contributed by atoms with Crippen LogP contribution in [0.5, 0.6) is 5.75 Å². The van der Waals surface area contributed by atoms with Crippen LogP contribution in [0.15, 0.2) is 42.5 Å². The summed E-state index contributed by atoms with van der Waals surface area (Å²) in [7, 11) is 1.62. The molecule has 0 aliphatic rings. The van der Waals surface area contributed by atoms with Crippen molar-refractivity contribution in [2.24, 2.45) is 0 Å². The van der Waals surface area contributed by atoms with Crippen molar-refractivity contribution in [3.05, 3.63) is 53.6 Å². The van der Waals surface area contributed by atoms with Crippen LogP contribution in [-0.4, -0.2) is 18.0 Å². The first-order valence-corrected chi connectivity index (χ1v) is 8.32. The Kier molecular flexibility index (Phi) is 4.57. The zero-order valence-corrected chi connectivity index (χ0v) is 13.9. The van der Waals surface area contributed by atoms with Crippen LogP contribution in [0.2, 0.25) is 0 Å². The lowest BCUT2D eigenvalue weighted by Crippen LogP contribution is -2.14. The van der Waals surface area contributed by atoms with Crippen LogP contribution < -0.4 is 10.1 Å². The number of rotatable bonds is 5. The van der Waals surface area contributed by atoms with Gasteiger partial charge in [0.05, 0.1) is 23.7 Å². The lowest BCUT2D eigenvalue weighted by Gasteiger charge is -2.03. The van der Waals surface area contributed by atoms with E-state index in [9.17, 15) is 4.79 Å². The second kappa shape index (κ2) is 6.79. The van der Waals surface area contributed by atoms with Crippen molar-refractivity contribution in [2.45, 2.75) is 19.8 Å². The SMILES string of the molecule is CCc1cccc2sc(NC(=O)Cc3ccc(OC)cc3)nc12. The third-order valence-electron chi connectivity index (χ3n) is 3.65. The van der Waals surface area contributed by atoms with Gasteiger partial charge < -0.3 is 10.1 Å². The highest BCUT2D eigenvalue weighted by Crippen LogP contribution is 2.28. The summed E-state index contributed by atoms with van der Waals surface area (Å²) in [5.74, 6) is 0.722. The monoisotopic (exact) mass is 326 g/mol. The minimum absolute atomic E-state index is 0.0627. The molecule has 0 bridgehead atoms. The first-order valence-electron chi connectivity index (χ1n) is 7.51. The smallest absolute Gasteiger partial charge is 0.230 e. The summed E-state index contributed by atoms with van der Waals surface area (Å²) in [6.45, 7) is 2.11. The highest BCUT2D eigenvalue weighted by Gasteiger charge is 2.10. The lowest BCUT2D eigenvalue weighted by atomic mass is 10.1. The second-order valence-electron chi connectivity index (χ2n) is 5.21. The number of benzene rings is 2. The van der Waals surface area contributed by atoms with Crippen molar-refractivity contribution in [2.75, 3.05) is 12.4 Å². The molecule has 1 amide bonds. The highest BCUT2D eigenvalue weighted by molar-refractivity contribution is 7.22. The fraction of sp³-hybridized carbons (Fsp3) is 0.222. The van der Waals surface area contributed by atoms with Crippen molar-refractivity contribution in [3.8, 4) is 5.75 Å². The van der Waals surface area contributed by atoms with Gasteiger partial charge in [-0.25, -0.2) is 4.98 Å². The maximum Gasteiger partial charge on any atom is 0.230 e. The summed E-state index contributed by atoms with van der Waals surface area (Å²) < 4.78 is 6.22. The topological polar surface area (TPSA) is 51.2 Å². The van der Waals surface area contributed by atoms with E-state index in [1.807, 2.05) is 36.4 Å². The van der Waals surface area contributed by atoms with Crippen LogP contribution in [0, 0.1) is 0 Å². The molecular formula is C18H18N2O2S. The van der Waals surface area contributed by atoms with E-state index in [4.69, 9.17) is 4.74 Å². The molecule has 0 fully saturated rings. The maximum atomic E-state index is 12.2. The predicted molar refractivity (Wildman–Crippen MR) is 94.3 cm³/mol. The van der Waals surface area contributed by atoms with Gasteiger partial charge >= 0.3 is 0 Å². The molecule has 3 aromatic rings. The summed E-state index contributed by atoms with van der Waals surface area (Å²) in [4.78, 5) is 16.8. The molecule has 2 aromatic carbocycles. The number of carbonyl (C=O) groups is 1. The van der Waals surface area contributed by atoms with Gasteiger partial charge in [0.1, 0.15) is 5.75 Å². The summed E-state index contributed by atoms with van der Waals surface area (Å²) >= 11 is 1.51. The van der Waals surface area contributed by atoms with Gasteiger partial charge in [0.25, 0.3) is 0 Å². The molecule has 118 valence electrons. The predicted octanol–water partition coefficient (Wildman–Crippen LogP) is 4.05. The molecule has 0 spiro atoms. The lowest BCUT2D eigenvalue weighted by molar-refractivity contribution is -0.115. The zero-order valence-electron chi connectivity index (χ0n) is 13.1. The maximum absolute atomic E-state index is 12.2. The summed E-state index contributed by atoms with van der Waals surface area (Å²) in [6, 6.07) is 13.6. The van der Waals surface area contributed by atoms with Crippen LogP contribution in [0.25, 0.3) is 10.2 Å². The Balaban J connectivity index is 1.72. The number of ether oxygens (including phenoxy) is 1. The molecule has 1 aromatic heterocycles. The van der Waals surface area contributed by atoms with E-state index in [1.54, 1.807) is 7.11 Å². The van der Waals surface area contributed by atoms with Crippen molar-refractivity contribution in [1.29, 1.82) is 0 Å². The van der Waals surface area contributed by atoms with Gasteiger partial charge in [-0.2, -0.15) is 0 Å². The van der Waals surface area contributed by atoms with Gasteiger partial charge in [-0.3, -0.25) is 4.79 Å². The van der Waals surface area contributed by atoms with Gasteiger partial charge in [-0.05, 0) is 35.7 Å². The number of hydrogen-bond acceptors (Lipinski definition) is 4. The van der Waals surface area contributed by atoms with Crippen molar-refractivity contribution in [1.82, 2.24) is 4.98 Å². The molecule has 23 heavy (non-hydrogen) atoms. The average molecular weight is 326 g/mol. The van der Waals surface area contributed by atoms with Crippen LogP contribution in [0.1, 0.15) is 18.1 Å². The Morgan fingerprint density at radius 1 is 1.22 bits per heavy atom. The van der Waals surface area contributed by atoms with Crippen LogP contribution >= 0.6 is 11.3 Å². The van der Waals surface area contributed by atoms with Gasteiger partial charge in [-0.15, -0.1) is 0 Å². The minimum atomic E-state index is -0.0627. The molecule has 0 unspecified atom stereocenters. The number of anilines is 1. The summed E-state index contributed by atoms with van der Waals surface area (Å²) in [5.41, 5.74) is 3.13. The van der Waals surface area contributed by atoms with Gasteiger partial charge in [0.2, 0.25) is 5.91 Å². The Bertz CT molecular complexity index is 825. The number of amides is 1. The minimum Gasteiger partial charge on any atom is -0.497 e. The number of aryl methyl sites for hydroxylation is 1. The molecule has 5 heteroatoms. The van der Waals surface area contributed by atoms with E-state index < -0.39 is 0 Å². The Labute approximate surface area is 139 Å². The molecule has 0 radical (unpaired) electrons. The van der Waals surface area contributed by atoms with E-state index in [2.05, 4.69) is 23.3 Å². The molecule has 1 N–H and O–H groups in total. The molecule has 0 atom stereocenters. The van der Waals surface area contributed by atoms with Gasteiger partial charge in [-0.1, -0.05) is 42.5 Å². The average Bonchev–Trinajstić information content (AvgIpc) is 2.97. The first-order chi connectivity index (χ1) is 11.2. The van der Waals surface area contributed by atoms with E-state index in [1.165, 1.54) is 16.9 Å². The molecule has 3 rings (SSSR count). The normalized spacial score (nSPS) is 10.7. The van der Waals surface area contributed by atoms with E-state index in [-0.39, 0.29) is 5.91 Å². The standard InChI is InChI=1S/C18H18N2O2S/c1-3-13-5-4-6-15-17(13)20-18(23-15)19-16(21)11-12-7-9-14(22-2)10-8-12/h4-10H,3,11H2,1-2H3,(H,19,20,21). The Morgan fingerprint density at radius 3 is 2.70 bits per heavy atom. The van der Waals surface area contributed by atoms with E-state index in [0.29, 0.717) is 11.6 Å². The fourth-order valence-electron chi connectivity index (χ4n) is 2.44. The molecule has 0 saturated heterocycles. The van der Waals surface area contributed by atoms with Crippen molar-refractivity contribution in [3.63, 3.8) is 0 Å². The molecule has 0 aliphatic heterocycles. The number of nitrogens with zero attached hydrogens (tertiary/aromatic N) is 1. The third kappa shape index (κ3) is 3.51. The molecular weight excluding hydrogens is 308 g/mol. The number of carbonyl (C=O) groups excluding carboxylic acids is 1. The summed E-state index contributed by atoms with van der Waals surface area (Å²) in [6.07, 6.45) is 1.25. The Hall–Kier alpha value is -2.40. The summed E-state index contributed by atoms with van der Waals surface area (Å²) in [5, 5.41) is 3.55. The number of para-hydroxylation sites is 1. The van der Waals surface area contributed by atoms with E-state index >= 15 is 0 Å². The van der Waals surface area contributed by atoms with Crippen LogP contribution in [-0.2, 0) is 17.6 Å². The molecule has 1 heterocycles. The van der Waals surface area contributed by atoms with Crippen LogP contribution in [0.3, 0.4) is 0 Å². The largest absolute Gasteiger partial charge is 0.497 e. The number of aromatic nitrogens is 1. The van der Waals surface area contributed by atoms with Gasteiger partial charge in [0, 0.05) is 0 Å². The quantitative estimate of drug-likeness (QED) is 0.769. The molecule has 4 nitrogen and oxygen atoms in total. The van der Waals surface area contributed by atoms with Crippen LogP contribution in [0.4, 0.5) is 5.13 Å². The molecule has 0 saturated carbocycles. The first kappa shape index (κ1) is 15.5. The number of hydrogen-bond donors (Lipinski definition) is 1. The van der Waals surface area contributed by atoms with Crippen molar-refractivity contribution >= 4 is 32.6 Å². The third-order valence-corrected chi connectivity index (χ3v) is 4.59. The van der Waals surface area contributed by atoms with Crippen molar-refractivity contribution < 1.29 is 9.53 Å². The molecule has 0 aliphatic carbocycles. The van der Waals surface area contributed by atoms with Gasteiger partial charge in [0.15, 0.2) is 5.13 Å². The fourth-order valence-corrected chi connectivity index (χ4v) is 3.37. The Morgan fingerprint density at radius 2 is 2.00 bits per heavy atom. The second-order valence-corrected chi connectivity index (χ2v) is 6.24. The zero-order chi connectivity index (χ0) is 16.2.